The van der Waals surface area contributed by atoms with E-state index in [0.29, 0.717) is 10.2 Å². The lowest BCUT2D eigenvalue weighted by atomic mass is 10.1. The topological polar surface area (TPSA) is 91.4 Å². The lowest BCUT2D eigenvalue weighted by Crippen LogP contribution is -2.31. The zero-order valence-electron chi connectivity index (χ0n) is 18.5. The minimum Gasteiger partial charge on any atom is -0.481 e. The maximum Gasteiger partial charge on any atom is 0.425 e. The number of aromatic nitrogens is 4. The Labute approximate surface area is 191 Å². The van der Waals surface area contributed by atoms with E-state index in [9.17, 15) is 23.1 Å². The number of nitrogens with zero attached hydrogens (tertiary/aromatic N) is 4. The Morgan fingerprint density at radius 1 is 1.24 bits per heavy atom. The molecule has 0 radical (unpaired) electrons. The van der Waals surface area contributed by atoms with Crippen molar-refractivity contribution in [3.63, 3.8) is 0 Å². The molecule has 1 aromatic carbocycles. The zero-order valence-corrected chi connectivity index (χ0v) is 18.5. The monoisotopic (exact) mass is 482 g/mol. The Morgan fingerprint density at radius 3 is 2.53 bits per heavy atom. The maximum absolute atomic E-state index is 15.1. The van der Waals surface area contributed by atoms with Crippen LogP contribution in [0.5, 0.6) is 11.6 Å². The molecule has 1 N–H and O–H groups in total. The first-order valence-corrected chi connectivity index (χ1v) is 10.1. The van der Waals surface area contributed by atoms with Crippen LogP contribution < -0.4 is 15.2 Å². The molecule has 0 aliphatic rings. The summed E-state index contributed by atoms with van der Waals surface area (Å²) < 4.78 is 66.7. The SMILES string of the molecule is CCn1c(CO)nn(-c2cc(O[C@@H](C)C(F)(F)F)c(/C=C/c3cccnc3OC)cc2F)c1=O. The van der Waals surface area contributed by atoms with E-state index < -0.39 is 36.1 Å². The van der Waals surface area contributed by atoms with Crippen LogP contribution in [0.4, 0.5) is 17.6 Å². The first-order chi connectivity index (χ1) is 16.1. The number of alkyl halides is 3. The molecule has 0 saturated heterocycles. The molecular weight excluding hydrogens is 460 g/mol. The number of halogens is 4. The van der Waals surface area contributed by atoms with Gasteiger partial charge in [0.05, 0.1) is 7.11 Å². The Hall–Kier alpha value is -3.67. The van der Waals surface area contributed by atoms with E-state index in [-0.39, 0.29) is 29.6 Å². The van der Waals surface area contributed by atoms with Crippen molar-refractivity contribution < 1.29 is 32.1 Å². The summed E-state index contributed by atoms with van der Waals surface area (Å²) in [4.78, 5) is 16.6. The van der Waals surface area contributed by atoms with Crippen LogP contribution in [0.3, 0.4) is 0 Å². The molecule has 0 spiro atoms. The third-order valence-corrected chi connectivity index (χ3v) is 4.91. The van der Waals surface area contributed by atoms with Crippen LogP contribution in [0.15, 0.2) is 35.3 Å². The zero-order chi connectivity index (χ0) is 25.0. The number of benzene rings is 1. The van der Waals surface area contributed by atoms with Crippen LogP contribution in [0, 0.1) is 5.82 Å². The van der Waals surface area contributed by atoms with Crippen molar-refractivity contribution in [2.24, 2.45) is 0 Å². The van der Waals surface area contributed by atoms with Gasteiger partial charge in [-0.15, -0.1) is 5.10 Å². The van der Waals surface area contributed by atoms with Crippen molar-refractivity contribution in [2.45, 2.75) is 39.3 Å². The number of aliphatic hydroxyl groups is 1. The molecule has 3 rings (SSSR count). The van der Waals surface area contributed by atoms with Gasteiger partial charge in [-0.25, -0.2) is 14.2 Å². The highest BCUT2D eigenvalue weighted by molar-refractivity contribution is 5.75. The van der Waals surface area contributed by atoms with Crippen LogP contribution in [0.25, 0.3) is 17.8 Å². The van der Waals surface area contributed by atoms with Gasteiger partial charge >= 0.3 is 11.9 Å². The summed E-state index contributed by atoms with van der Waals surface area (Å²) in [6.45, 7) is 2.00. The van der Waals surface area contributed by atoms with Gasteiger partial charge in [0.1, 0.15) is 23.9 Å². The van der Waals surface area contributed by atoms with Crippen LogP contribution >= 0.6 is 0 Å². The van der Waals surface area contributed by atoms with Gasteiger partial charge in [-0.3, -0.25) is 4.57 Å². The molecule has 0 unspecified atom stereocenters. The molecule has 0 saturated carbocycles. The Morgan fingerprint density at radius 2 is 1.94 bits per heavy atom. The molecule has 34 heavy (non-hydrogen) atoms. The molecule has 12 heteroatoms. The van der Waals surface area contributed by atoms with Crippen LogP contribution in [-0.4, -0.2) is 43.8 Å². The predicted molar refractivity (Wildman–Crippen MR) is 115 cm³/mol. The summed E-state index contributed by atoms with van der Waals surface area (Å²) in [6, 6.07) is 5.18. The van der Waals surface area contributed by atoms with Gasteiger partial charge in [-0.05, 0) is 38.1 Å². The fraction of sp³-hybridized carbons (Fsp3) is 0.318. The predicted octanol–water partition coefficient (Wildman–Crippen LogP) is 3.59. The van der Waals surface area contributed by atoms with E-state index in [0.717, 1.165) is 23.6 Å². The third kappa shape index (κ3) is 5.11. The second-order valence-electron chi connectivity index (χ2n) is 7.09. The van der Waals surface area contributed by atoms with Crippen molar-refractivity contribution in [1.29, 1.82) is 0 Å². The molecular formula is C22H22F4N4O4. The third-order valence-electron chi connectivity index (χ3n) is 4.91. The fourth-order valence-electron chi connectivity index (χ4n) is 3.12. The number of hydrogen-bond donors (Lipinski definition) is 1. The highest BCUT2D eigenvalue weighted by Crippen LogP contribution is 2.32. The number of rotatable bonds is 8. The molecule has 8 nitrogen and oxygen atoms in total. The van der Waals surface area contributed by atoms with Crippen LogP contribution in [-0.2, 0) is 13.2 Å². The Bertz CT molecular complexity index is 1250. The summed E-state index contributed by atoms with van der Waals surface area (Å²) in [6.07, 6.45) is -2.58. The lowest BCUT2D eigenvalue weighted by Gasteiger charge is -2.20. The first-order valence-electron chi connectivity index (χ1n) is 10.1. The highest BCUT2D eigenvalue weighted by atomic mass is 19.4. The van der Waals surface area contributed by atoms with Gasteiger partial charge < -0.3 is 14.6 Å². The van der Waals surface area contributed by atoms with Crippen molar-refractivity contribution in [3.8, 4) is 17.3 Å². The van der Waals surface area contributed by atoms with Gasteiger partial charge in [0.2, 0.25) is 5.88 Å². The Balaban J connectivity index is 2.15. The number of hydrogen-bond acceptors (Lipinski definition) is 6. The number of methoxy groups -OCH3 is 1. The molecule has 0 fully saturated rings. The molecule has 2 heterocycles. The molecule has 2 aromatic heterocycles. The quantitative estimate of drug-likeness (QED) is 0.494. The van der Waals surface area contributed by atoms with Gasteiger partial charge in [-0.2, -0.15) is 17.9 Å². The molecule has 1 atom stereocenters. The minimum atomic E-state index is -4.69. The standard InChI is InChI=1S/C22H22F4N4O4/c1-4-29-19(12-31)28-30(21(29)32)17-11-18(34-13(2)22(24,25)26)15(10-16(17)23)8-7-14-6-5-9-27-20(14)33-3/h5-11,13,31H,4,12H2,1-3H3/b8-7+/t13-/m0/s1. The number of pyridine rings is 1. The molecule has 0 aliphatic carbocycles. The van der Waals surface area contributed by atoms with E-state index in [4.69, 9.17) is 9.47 Å². The smallest absolute Gasteiger partial charge is 0.425 e. The first kappa shape index (κ1) is 25.0. The molecule has 182 valence electrons. The maximum atomic E-state index is 15.1. The van der Waals surface area contributed by atoms with Crippen LogP contribution in [0.1, 0.15) is 30.8 Å². The van der Waals surface area contributed by atoms with Gasteiger partial charge in [0, 0.05) is 29.9 Å². The summed E-state index contributed by atoms with van der Waals surface area (Å²) in [7, 11) is 1.40. The number of aliphatic hydroxyl groups excluding tert-OH is 1. The molecule has 3 aromatic rings. The molecule has 0 aliphatic heterocycles. The van der Waals surface area contributed by atoms with Crippen molar-refractivity contribution in [2.75, 3.05) is 7.11 Å². The van der Waals surface area contributed by atoms with E-state index in [2.05, 4.69) is 10.1 Å². The largest absolute Gasteiger partial charge is 0.481 e. The van der Waals surface area contributed by atoms with Crippen LogP contribution in [0.2, 0.25) is 0 Å². The molecule has 0 bridgehead atoms. The fourth-order valence-corrected chi connectivity index (χ4v) is 3.12. The summed E-state index contributed by atoms with van der Waals surface area (Å²) in [5.41, 5.74) is -0.709. The number of ether oxygens (including phenoxy) is 2. The van der Waals surface area contributed by atoms with E-state index in [1.54, 1.807) is 19.1 Å². The lowest BCUT2D eigenvalue weighted by molar-refractivity contribution is -0.189. The summed E-state index contributed by atoms with van der Waals surface area (Å²) in [5, 5.41) is 13.3. The van der Waals surface area contributed by atoms with Gasteiger partial charge in [0.15, 0.2) is 11.9 Å². The average Bonchev–Trinajstić information content (AvgIpc) is 3.13. The Kier molecular flexibility index (Phi) is 7.40. The van der Waals surface area contributed by atoms with E-state index in [1.807, 2.05) is 0 Å². The van der Waals surface area contributed by atoms with Gasteiger partial charge in [0.25, 0.3) is 0 Å². The van der Waals surface area contributed by atoms with Crippen molar-refractivity contribution in [1.82, 2.24) is 19.3 Å². The summed E-state index contributed by atoms with van der Waals surface area (Å²) in [5.74, 6) is -1.03. The van der Waals surface area contributed by atoms with E-state index in [1.165, 1.54) is 25.5 Å². The normalized spacial score (nSPS) is 12.8. The second-order valence-corrected chi connectivity index (χ2v) is 7.09. The average molecular weight is 482 g/mol. The van der Waals surface area contributed by atoms with Crippen molar-refractivity contribution in [3.05, 3.63) is 63.7 Å². The molecule has 0 amide bonds. The highest BCUT2D eigenvalue weighted by Gasteiger charge is 2.38. The minimum absolute atomic E-state index is 0.0198. The van der Waals surface area contributed by atoms with Gasteiger partial charge in [-0.1, -0.05) is 6.08 Å². The summed E-state index contributed by atoms with van der Waals surface area (Å²) >= 11 is 0. The second kappa shape index (κ2) is 10.1. The van der Waals surface area contributed by atoms with Crippen molar-refractivity contribution >= 4 is 12.2 Å². The van der Waals surface area contributed by atoms with E-state index >= 15 is 4.39 Å².